The van der Waals surface area contributed by atoms with Crippen LogP contribution in [0.2, 0.25) is 0 Å². The van der Waals surface area contributed by atoms with Gasteiger partial charge >= 0.3 is 5.97 Å². The van der Waals surface area contributed by atoms with E-state index < -0.39 is 5.97 Å². The molecule has 0 aliphatic carbocycles. The van der Waals surface area contributed by atoms with Gasteiger partial charge in [-0.2, -0.15) is 5.10 Å². The van der Waals surface area contributed by atoms with Crippen molar-refractivity contribution >= 4 is 28.9 Å². The molecule has 214 valence electrons. The van der Waals surface area contributed by atoms with E-state index in [9.17, 15) is 9.59 Å². The van der Waals surface area contributed by atoms with E-state index in [1.807, 2.05) is 49.4 Å². The third kappa shape index (κ3) is 11.0. The lowest BCUT2D eigenvalue weighted by Gasteiger charge is -2.11. The number of ether oxygens (including phenoxy) is 1. The van der Waals surface area contributed by atoms with Crippen molar-refractivity contribution in [3.05, 3.63) is 77.4 Å². The van der Waals surface area contributed by atoms with E-state index in [0.29, 0.717) is 23.3 Å². The molecule has 0 bridgehead atoms. The lowest BCUT2D eigenvalue weighted by atomic mass is 10.0. The monoisotopic (exact) mass is 542 g/mol. The molecule has 3 aromatic carbocycles. The molecule has 0 aliphatic rings. The van der Waals surface area contributed by atoms with E-state index in [2.05, 4.69) is 17.5 Å². The number of hydrogen-bond donors (Lipinski definition) is 1. The van der Waals surface area contributed by atoms with Gasteiger partial charge < -0.3 is 4.74 Å². The van der Waals surface area contributed by atoms with Crippen LogP contribution in [-0.4, -0.2) is 18.1 Å². The normalized spacial score (nSPS) is 11.2. The first kappa shape index (κ1) is 31.1. The topological polar surface area (TPSA) is 67.8 Å². The van der Waals surface area contributed by atoms with Crippen LogP contribution in [0.3, 0.4) is 0 Å². The zero-order valence-corrected chi connectivity index (χ0v) is 24.4. The number of fused-ring (bicyclic) bond motifs is 1. The average Bonchev–Trinajstić information content (AvgIpc) is 2.96. The first-order chi connectivity index (χ1) is 19.6. The van der Waals surface area contributed by atoms with Crippen LogP contribution in [0.4, 0.5) is 0 Å². The van der Waals surface area contributed by atoms with Gasteiger partial charge in [-0.15, -0.1) is 0 Å². The first-order valence-corrected chi connectivity index (χ1v) is 15.2. The molecule has 1 amide bonds. The zero-order chi connectivity index (χ0) is 28.4. The number of amides is 1. The summed E-state index contributed by atoms with van der Waals surface area (Å²) in [6.07, 6.45) is 18.6. The van der Waals surface area contributed by atoms with Crippen molar-refractivity contribution in [2.45, 2.75) is 104 Å². The zero-order valence-electron chi connectivity index (χ0n) is 24.4. The highest BCUT2D eigenvalue weighted by molar-refractivity contribution is 6.04. The molecule has 0 fully saturated rings. The Labute approximate surface area is 240 Å². The van der Waals surface area contributed by atoms with E-state index in [0.717, 1.165) is 29.2 Å². The summed E-state index contributed by atoms with van der Waals surface area (Å²) in [4.78, 5) is 25.1. The Morgan fingerprint density at radius 2 is 1.35 bits per heavy atom. The summed E-state index contributed by atoms with van der Waals surface area (Å²) in [5.41, 5.74) is 4.85. The van der Waals surface area contributed by atoms with Crippen molar-refractivity contribution < 1.29 is 14.3 Å². The van der Waals surface area contributed by atoms with Gasteiger partial charge in [-0.3, -0.25) is 4.79 Å². The van der Waals surface area contributed by atoms with Crippen LogP contribution < -0.4 is 10.2 Å². The molecule has 0 unspecified atom stereocenters. The molecule has 0 aliphatic heterocycles. The van der Waals surface area contributed by atoms with Gasteiger partial charge in [0, 0.05) is 12.0 Å². The van der Waals surface area contributed by atoms with Crippen molar-refractivity contribution in [1.29, 1.82) is 0 Å². The molecule has 0 atom stereocenters. The van der Waals surface area contributed by atoms with Gasteiger partial charge in [-0.05, 0) is 42.3 Å². The quantitative estimate of drug-likeness (QED) is 0.0572. The van der Waals surface area contributed by atoms with E-state index in [4.69, 9.17) is 4.74 Å². The van der Waals surface area contributed by atoms with Gasteiger partial charge in [0.2, 0.25) is 5.91 Å². The van der Waals surface area contributed by atoms with Crippen molar-refractivity contribution in [1.82, 2.24) is 5.43 Å². The van der Waals surface area contributed by atoms with Gasteiger partial charge in [-0.1, -0.05) is 132 Å². The molecule has 5 heteroatoms. The Morgan fingerprint density at radius 1 is 0.750 bits per heavy atom. The molecule has 0 saturated heterocycles. The number of unbranched alkanes of at least 4 members (excludes halogenated alkanes) is 12. The summed E-state index contributed by atoms with van der Waals surface area (Å²) >= 11 is 0. The number of aryl methyl sites for hydroxylation is 1. The summed E-state index contributed by atoms with van der Waals surface area (Å²) in [6.45, 7) is 4.23. The maximum Gasteiger partial charge on any atom is 0.343 e. The fraction of sp³-hybridized carbons (Fsp3) is 0.457. The van der Waals surface area contributed by atoms with Gasteiger partial charge in [0.15, 0.2) is 0 Å². The maximum absolute atomic E-state index is 12.8. The van der Waals surface area contributed by atoms with Gasteiger partial charge in [-0.25, -0.2) is 10.2 Å². The van der Waals surface area contributed by atoms with Crippen LogP contribution >= 0.6 is 0 Å². The highest BCUT2D eigenvalue weighted by atomic mass is 16.5. The van der Waals surface area contributed by atoms with Crippen LogP contribution in [0.15, 0.2) is 65.8 Å². The summed E-state index contributed by atoms with van der Waals surface area (Å²) in [5, 5.41) is 6.10. The molecule has 0 spiro atoms. The van der Waals surface area contributed by atoms with E-state index in [1.165, 1.54) is 70.6 Å². The fourth-order valence-corrected chi connectivity index (χ4v) is 4.87. The van der Waals surface area contributed by atoms with Gasteiger partial charge in [0.1, 0.15) is 5.75 Å². The number of nitrogens with zero attached hydrogens (tertiary/aromatic N) is 1. The lowest BCUT2D eigenvalue weighted by Crippen LogP contribution is -2.17. The summed E-state index contributed by atoms with van der Waals surface area (Å²) in [7, 11) is 0. The largest absolute Gasteiger partial charge is 0.422 e. The van der Waals surface area contributed by atoms with Crippen molar-refractivity contribution in [2.75, 3.05) is 0 Å². The predicted octanol–water partition coefficient (Wildman–Crippen LogP) is 9.30. The standard InChI is InChI=1S/C35H46N2O3/c1-3-4-5-6-7-8-9-10-11-12-13-14-15-20-34(38)37-36-27-32-31-19-17-16-18-29(31)25-26-33(32)40-35(39)30-23-21-28(2)22-24-30/h16-19,21-27H,3-15,20H2,1-2H3,(H,37,38)/b36-27-. The molecular weight excluding hydrogens is 496 g/mol. The molecule has 3 rings (SSSR count). The molecule has 40 heavy (non-hydrogen) atoms. The van der Waals surface area contributed by atoms with Crippen LogP contribution in [0, 0.1) is 6.92 Å². The summed E-state index contributed by atoms with van der Waals surface area (Å²) in [5.74, 6) is -0.132. The smallest absolute Gasteiger partial charge is 0.343 e. The third-order valence-electron chi connectivity index (χ3n) is 7.31. The Bertz CT molecular complexity index is 1220. The highest BCUT2D eigenvalue weighted by Crippen LogP contribution is 2.27. The van der Waals surface area contributed by atoms with E-state index >= 15 is 0 Å². The predicted molar refractivity (Wildman–Crippen MR) is 166 cm³/mol. The van der Waals surface area contributed by atoms with E-state index in [-0.39, 0.29) is 5.91 Å². The van der Waals surface area contributed by atoms with Crippen LogP contribution in [0.5, 0.6) is 5.75 Å². The van der Waals surface area contributed by atoms with E-state index in [1.54, 1.807) is 24.4 Å². The number of hydrazone groups is 1. The Kier molecular flexibility index (Phi) is 14.0. The number of rotatable bonds is 18. The summed E-state index contributed by atoms with van der Waals surface area (Å²) in [6, 6.07) is 18.8. The number of hydrogen-bond acceptors (Lipinski definition) is 4. The molecule has 0 radical (unpaired) electrons. The number of nitrogens with one attached hydrogen (secondary N) is 1. The van der Waals surface area contributed by atoms with Crippen LogP contribution in [-0.2, 0) is 4.79 Å². The van der Waals surface area contributed by atoms with Crippen molar-refractivity contribution in [2.24, 2.45) is 5.10 Å². The first-order valence-electron chi connectivity index (χ1n) is 15.2. The van der Waals surface area contributed by atoms with Gasteiger partial charge in [0.25, 0.3) is 0 Å². The number of benzene rings is 3. The minimum atomic E-state index is -0.434. The number of esters is 1. The molecule has 0 saturated carbocycles. The molecular formula is C35H46N2O3. The van der Waals surface area contributed by atoms with Crippen LogP contribution in [0.1, 0.15) is 118 Å². The van der Waals surface area contributed by atoms with Gasteiger partial charge in [0.05, 0.1) is 11.8 Å². The average molecular weight is 543 g/mol. The maximum atomic E-state index is 12.8. The molecule has 0 aromatic heterocycles. The van der Waals surface area contributed by atoms with Crippen molar-refractivity contribution in [3.63, 3.8) is 0 Å². The second-order valence-corrected chi connectivity index (χ2v) is 10.7. The van der Waals surface area contributed by atoms with Crippen LogP contribution in [0.25, 0.3) is 10.8 Å². The van der Waals surface area contributed by atoms with Crippen molar-refractivity contribution in [3.8, 4) is 5.75 Å². The highest BCUT2D eigenvalue weighted by Gasteiger charge is 2.13. The lowest BCUT2D eigenvalue weighted by molar-refractivity contribution is -0.121. The molecule has 5 nitrogen and oxygen atoms in total. The second-order valence-electron chi connectivity index (χ2n) is 10.7. The molecule has 3 aromatic rings. The number of carbonyl (C=O) groups excluding carboxylic acids is 2. The minimum Gasteiger partial charge on any atom is -0.422 e. The second kappa shape index (κ2) is 18.0. The number of carbonyl (C=O) groups is 2. The SMILES string of the molecule is CCCCCCCCCCCCCCCC(=O)N/N=C\c1c(OC(=O)c2ccc(C)cc2)ccc2ccccc12. The Balaban J connectivity index is 1.41. The Hall–Kier alpha value is -3.47. The molecule has 0 heterocycles. The fourth-order valence-electron chi connectivity index (χ4n) is 4.87. The Morgan fingerprint density at radius 3 is 2.00 bits per heavy atom. The third-order valence-corrected chi connectivity index (χ3v) is 7.31. The molecule has 1 N–H and O–H groups in total. The summed E-state index contributed by atoms with van der Waals surface area (Å²) < 4.78 is 5.75. The minimum absolute atomic E-state index is 0.0993.